The van der Waals surface area contributed by atoms with Crippen molar-refractivity contribution in [3.8, 4) is 0 Å². The van der Waals surface area contributed by atoms with Gasteiger partial charge in [-0.05, 0) is 74.3 Å². The van der Waals surface area contributed by atoms with E-state index in [9.17, 15) is 67.4 Å². The van der Waals surface area contributed by atoms with Gasteiger partial charge in [-0.2, -0.15) is 12.6 Å². The molecule has 0 bridgehead atoms. The average Bonchev–Trinajstić information content (AvgIpc) is 0.853. The molecule has 104 heavy (non-hydrogen) atoms. The number of carbonyl (C=O) groups excluding carboxylic acids is 12. The molecule has 0 heterocycles. The Labute approximate surface area is 609 Å². The normalized spacial score (nSPS) is 14.2. The predicted octanol–water partition coefficient (Wildman–Crippen LogP) is -5.95. The Morgan fingerprint density at radius 2 is 0.798 bits per heavy atom. The van der Waals surface area contributed by atoms with Gasteiger partial charge in [0.25, 0.3) is 0 Å². The van der Waals surface area contributed by atoms with E-state index in [1.165, 1.54) is 0 Å². The Kier molecular flexibility index (Phi) is 41.9. The van der Waals surface area contributed by atoms with Gasteiger partial charge in [0.1, 0.15) is 48.3 Å². The minimum Gasteiger partial charge on any atom is -0.481 e. The fraction of sp³-hybridized carbons (Fsp3) is 0.554. The van der Waals surface area contributed by atoms with Crippen molar-refractivity contribution in [2.75, 3.05) is 45.0 Å². The molecule has 1 radical (unpaired) electrons. The second kappa shape index (κ2) is 48.9. The number of nitrogens with one attached hydrogen (secondary N) is 19. The maximum Gasteiger partial charge on any atom is 0.305 e. The number of hydrogen-bond donors (Lipinski definition) is 26. The van der Waals surface area contributed by atoms with Crippen LogP contribution in [0.1, 0.15) is 109 Å². The molecular weight excluding hydrogens is 1370 g/mol. The number of aliphatic carboxylic acids is 1. The topological polar surface area (TPSA) is 648 Å². The highest BCUT2D eigenvalue weighted by Gasteiger charge is 2.37. The number of carboxylic acids is 1. The quantitative estimate of drug-likeness (QED) is 0.0127. The number of carboxylic acid groups (broad SMARTS) is 1. The van der Waals surface area contributed by atoms with Crippen molar-refractivity contribution in [2.45, 2.75) is 172 Å². The summed E-state index contributed by atoms with van der Waals surface area (Å²) in [6.45, 7) is 5.59. The Morgan fingerprint density at radius 3 is 1.23 bits per heavy atom. The van der Waals surface area contributed by atoms with Crippen LogP contribution in [-0.4, -0.2) is 212 Å². The number of rotatable bonds is 50. The fourth-order valence-corrected chi connectivity index (χ4v) is 10.2. The first-order valence-corrected chi connectivity index (χ1v) is 34.6. The zero-order valence-corrected chi connectivity index (χ0v) is 59.8. The third-order valence-corrected chi connectivity index (χ3v) is 16.5. The molecule has 2 rings (SSSR count). The number of amides is 11. The minimum absolute atomic E-state index is 0.00529. The Balaban J connectivity index is 2.38. The van der Waals surface area contributed by atoms with Crippen molar-refractivity contribution in [1.29, 1.82) is 21.6 Å². The summed E-state index contributed by atoms with van der Waals surface area (Å²) >= 11 is 4.21. The van der Waals surface area contributed by atoms with Crippen LogP contribution in [0.4, 0.5) is 0 Å². The molecule has 0 aliphatic rings. The molecule has 0 aliphatic heterocycles. The fourth-order valence-electron chi connectivity index (χ4n) is 9.97. The van der Waals surface area contributed by atoms with Gasteiger partial charge in [0.2, 0.25) is 71.3 Å². The Bertz CT molecular complexity index is 3210. The molecule has 0 unspecified atom stereocenters. The van der Waals surface area contributed by atoms with Gasteiger partial charge < -0.3 is 114 Å². The lowest BCUT2D eigenvalue weighted by atomic mass is 9.96. The van der Waals surface area contributed by atoms with Gasteiger partial charge in [0, 0.05) is 44.8 Å². The molecule has 0 aromatic heterocycles. The molecular formula is C65H105N24O14S. The predicted molar refractivity (Wildman–Crippen MR) is 389 cm³/mol. The highest BCUT2D eigenvalue weighted by Crippen LogP contribution is 2.15. The van der Waals surface area contributed by atoms with Crippen molar-refractivity contribution >= 4 is 114 Å². The number of thiol groups is 1. The summed E-state index contributed by atoms with van der Waals surface area (Å²) in [5.74, 6) is -14.5. The van der Waals surface area contributed by atoms with Crippen LogP contribution in [0.2, 0.25) is 0 Å². The molecule has 0 fully saturated rings. The van der Waals surface area contributed by atoms with E-state index in [4.69, 9.17) is 50.3 Å². The van der Waals surface area contributed by atoms with E-state index in [0.29, 0.717) is 24.0 Å². The standard InChI is InChI=1S/C65H105N24O14S/c1-5-36(3)51(60(102)85-45(30-39-19-11-8-12-20-39)57(99)81-40(34-90)21-13-25-75-62(67)68)89-56(98)43(24-16-28-78-65(73)74)83-58(100)46(31-50(93)94)86-61(103)52(37(4)6-2)88-55(97)42(23-15-27-77-64(71)72)82-49(92)33-79-48(91)32-80-54(96)44(29-38-17-9-7-10-18-38)84-59(101)47(35-104)87-53(95)41(66)22-14-26-76-63(69)70/h7-12,17-20,36-37,40-47,51-52,104H,5-6,13-16,21-33,35,66H2,1-4H3,(H,79,91)(H,80,96)(H,81,99)(H,82,92)(H,83,100)(H,84,101)(H,85,102)(H,86,103)(H,87,95)(H,88,97)(H,89,98)(H,93,94)(H4,67,68,75)(H4,69,70,76)(H4,71,72,77)(H4,73,74,78)/t36-,37-,40-,41-,42-,43-,44-,45-,46-,47-,51-,52-/m0/s1. The summed E-state index contributed by atoms with van der Waals surface area (Å²) in [6, 6.07) is 3.11. The monoisotopic (exact) mass is 1480 g/mol. The smallest absolute Gasteiger partial charge is 0.305 e. The summed E-state index contributed by atoms with van der Waals surface area (Å²) in [6.07, 6.45) is 1.70. The third-order valence-electron chi connectivity index (χ3n) is 16.2. The van der Waals surface area contributed by atoms with Gasteiger partial charge in [-0.25, -0.2) is 0 Å². The molecule has 0 saturated carbocycles. The van der Waals surface area contributed by atoms with Crippen molar-refractivity contribution in [2.24, 2.45) is 40.5 Å². The Morgan fingerprint density at radius 1 is 0.433 bits per heavy atom. The van der Waals surface area contributed by atoms with Crippen LogP contribution in [0.25, 0.3) is 0 Å². The lowest BCUT2D eigenvalue weighted by Crippen LogP contribution is -2.61. The molecule has 2 aromatic carbocycles. The van der Waals surface area contributed by atoms with Gasteiger partial charge in [-0.1, -0.05) is 101 Å². The molecule has 2 aromatic rings. The molecule has 0 saturated heterocycles. The Hall–Kier alpha value is -10.9. The van der Waals surface area contributed by atoms with Crippen molar-refractivity contribution in [3.63, 3.8) is 0 Å². The lowest BCUT2D eigenvalue weighted by molar-refractivity contribution is -0.142. The lowest BCUT2D eigenvalue weighted by Gasteiger charge is -2.30. The van der Waals surface area contributed by atoms with Gasteiger partial charge in [0.15, 0.2) is 23.8 Å². The van der Waals surface area contributed by atoms with Gasteiger partial charge in [0.05, 0.1) is 31.6 Å². The third kappa shape index (κ3) is 36.1. The van der Waals surface area contributed by atoms with Gasteiger partial charge in [-0.3, -0.25) is 84.0 Å². The van der Waals surface area contributed by atoms with Crippen LogP contribution < -0.4 is 108 Å². The zero-order valence-electron chi connectivity index (χ0n) is 58.9. The van der Waals surface area contributed by atoms with Crippen molar-refractivity contribution < 1.29 is 67.4 Å². The largest absolute Gasteiger partial charge is 0.481 e. The summed E-state index contributed by atoms with van der Waals surface area (Å²) < 4.78 is 0. The maximum absolute atomic E-state index is 14.5. The molecule has 11 amide bonds. The summed E-state index contributed by atoms with van der Waals surface area (Å²) in [4.78, 5) is 177. The van der Waals surface area contributed by atoms with Crippen LogP contribution in [-0.2, 0) is 75.2 Å². The van der Waals surface area contributed by atoms with Gasteiger partial charge >= 0.3 is 5.97 Å². The molecule has 575 valence electrons. The van der Waals surface area contributed by atoms with E-state index in [-0.39, 0.29) is 108 Å². The molecule has 0 spiro atoms. The van der Waals surface area contributed by atoms with Crippen molar-refractivity contribution in [3.05, 3.63) is 71.8 Å². The highest BCUT2D eigenvalue weighted by molar-refractivity contribution is 7.80. The van der Waals surface area contributed by atoms with Gasteiger partial charge in [-0.15, -0.1) is 0 Å². The molecule has 30 N–H and O–H groups in total. The van der Waals surface area contributed by atoms with E-state index in [1.54, 1.807) is 94.6 Å². The minimum atomic E-state index is -1.94. The molecule has 38 nitrogen and oxygen atoms in total. The first-order valence-electron chi connectivity index (χ1n) is 33.9. The van der Waals surface area contributed by atoms with Crippen molar-refractivity contribution in [1.82, 2.24) is 79.8 Å². The number of carbonyl (C=O) groups is 12. The number of hydrogen-bond acceptors (Lipinski definition) is 19. The first-order chi connectivity index (χ1) is 49.3. The summed E-state index contributed by atoms with van der Waals surface area (Å²) in [5.41, 5.74) is 28.8. The van der Waals surface area contributed by atoms with E-state index >= 15 is 0 Å². The maximum atomic E-state index is 14.5. The van der Waals surface area contributed by atoms with E-state index in [0.717, 1.165) is 0 Å². The van der Waals surface area contributed by atoms with E-state index in [2.05, 4.69) is 92.4 Å². The van der Waals surface area contributed by atoms with Crippen LogP contribution in [0.15, 0.2) is 60.7 Å². The van der Waals surface area contributed by atoms with Crippen LogP contribution in [0.5, 0.6) is 0 Å². The highest BCUT2D eigenvalue weighted by atomic mass is 32.1. The molecule has 12 atom stereocenters. The van der Waals surface area contributed by atoms with E-state index < -0.39 is 175 Å². The average molecular weight is 1480 g/mol. The molecule has 39 heteroatoms. The summed E-state index contributed by atoms with van der Waals surface area (Å²) in [7, 11) is 0. The van der Waals surface area contributed by atoms with Crippen LogP contribution >= 0.6 is 12.6 Å². The second-order valence-electron chi connectivity index (χ2n) is 24.5. The second-order valence-corrected chi connectivity index (χ2v) is 24.9. The number of nitrogens with two attached hydrogens (primary N) is 5. The zero-order chi connectivity index (χ0) is 77.8. The summed E-state index contributed by atoms with van der Waals surface area (Å²) in [5, 5.41) is 78.0. The van der Waals surface area contributed by atoms with Crippen LogP contribution in [0.3, 0.4) is 0 Å². The SMILES string of the molecule is CC[C@H](C)[C@H](NC(=O)[C@H](CCCNC(=N)N)NC(=O)[C@H](CC(=O)O)NC(=O)[C@@H](NC(=O)[C@H](CCCNC(=N)N)NC(=O)CNC(=O)CNC(=O)[C@H](Cc1ccccc1)NC(=O)[C@H](CS)NC(=O)[C@@H](N)CCCNC(=N)N)[C@@H](C)CC)C(=O)N[C@@H](Cc1ccccc1)C(=O)N[C@H]([C]=O)CCCNC(=N)N. The van der Waals surface area contributed by atoms with E-state index in [1.807, 2.05) is 0 Å². The number of guanidine groups is 4. The first kappa shape index (κ1) is 89.2. The van der Waals surface area contributed by atoms with Crippen LogP contribution in [0, 0.1) is 33.5 Å². The number of benzene rings is 2. The molecule has 0 aliphatic carbocycles.